The van der Waals surface area contributed by atoms with Crippen molar-refractivity contribution in [2.75, 3.05) is 5.73 Å². The van der Waals surface area contributed by atoms with Crippen LogP contribution in [0.3, 0.4) is 0 Å². The summed E-state index contributed by atoms with van der Waals surface area (Å²) in [7, 11) is 1.98. The number of aryl methyl sites for hydroxylation is 1. The van der Waals surface area contributed by atoms with Gasteiger partial charge >= 0.3 is 0 Å². The standard InChI is InChI=1S/C14H11ClN3/c1-18-12(9-3-2-4-11(15)5-9)6-10-7-14(16)17-8-13(10)18/h2-7H,1H3,(H2,16,17). The first-order chi connectivity index (χ1) is 8.65. The number of aromatic nitrogens is 2. The average molecular weight is 257 g/mol. The summed E-state index contributed by atoms with van der Waals surface area (Å²) in [4.78, 5) is 4.00. The van der Waals surface area contributed by atoms with Gasteiger partial charge in [-0.1, -0.05) is 23.7 Å². The van der Waals surface area contributed by atoms with Gasteiger partial charge in [0.05, 0.1) is 5.52 Å². The van der Waals surface area contributed by atoms with Crippen LogP contribution in [-0.4, -0.2) is 9.55 Å². The van der Waals surface area contributed by atoms with E-state index >= 15 is 0 Å². The Morgan fingerprint density at radius 2 is 2.11 bits per heavy atom. The monoisotopic (exact) mass is 256 g/mol. The highest BCUT2D eigenvalue weighted by Crippen LogP contribution is 2.28. The first-order valence-electron chi connectivity index (χ1n) is 5.55. The second-order valence-electron chi connectivity index (χ2n) is 4.20. The molecule has 3 aromatic rings. The van der Waals surface area contributed by atoms with Crippen molar-refractivity contribution in [2.24, 2.45) is 7.05 Å². The van der Waals surface area contributed by atoms with Gasteiger partial charge in [0.1, 0.15) is 12.0 Å². The Kier molecular flexibility index (Phi) is 2.49. The summed E-state index contributed by atoms with van der Waals surface area (Å²) in [6.45, 7) is 0. The number of rotatable bonds is 1. The molecule has 0 spiro atoms. The largest absolute Gasteiger partial charge is 0.384 e. The van der Waals surface area contributed by atoms with E-state index in [0.717, 1.165) is 27.2 Å². The predicted molar refractivity (Wildman–Crippen MR) is 74.4 cm³/mol. The first kappa shape index (κ1) is 11.1. The maximum atomic E-state index is 6.02. The van der Waals surface area contributed by atoms with Gasteiger partial charge < -0.3 is 10.3 Å². The average Bonchev–Trinajstić information content (AvgIpc) is 2.66. The van der Waals surface area contributed by atoms with E-state index in [1.165, 1.54) is 0 Å². The Hall–Kier alpha value is -2.00. The van der Waals surface area contributed by atoms with Crippen LogP contribution in [0.5, 0.6) is 0 Å². The molecule has 0 atom stereocenters. The predicted octanol–water partition coefficient (Wildman–Crippen LogP) is 3.28. The van der Waals surface area contributed by atoms with E-state index in [2.05, 4.69) is 17.2 Å². The number of pyridine rings is 1. The lowest BCUT2D eigenvalue weighted by Gasteiger charge is -2.04. The van der Waals surface area contributed by atoms with Crippen molar-refractivity contribution in [1.29, 1.82) is 0 Å². The molecule has 4 heteroatoms. The number of halogens is 1. The SMILES string of the molecule is Cn1c(-c2cccc(Cl)c2)cc2cc(N)n[c]c21. The fraction of sp³-hybridized carbons (Fsp3) is 0.0714. The molecule has 89 valence electrons. The van der Waals surface area contributed by atoms with Gasteiger partial charge in [-0.15, -0.1) is 0 Å². The van der Waals surface area contributed by atoms with Gasteiger partial charge in [-0.25, -0.2) is 4.98 Å². The lowest BCUT2D eigenvalue weighted by molar-refractivity contribution is 0.973. The van der Waals surface area contributed by atoms with E-state index in [4.69, 9.17) is 17.3 Å². The lowest BCUT2D eigenvalue weighted by Crippen LogP contribution is -1.93. The number of nitrogen functional groups attached to an aromatic ring is 1. The fourth-order valence-electron chi connectivity index (χ4n) is 2.11. The minimum absolute atomic E-state index is 0.478. The molecular weight excluding hydrogens is 246 g/mol. The molecule has 0 aliphatic rings. The van der Waals surface area contributed by atoms with E-state index in [1.54, 1.807) is 0 Å². The second-order valence-corrected chi connectivity index (χ2v) is 4.63. The Balaban J connectivity index is 2.27. The number of anilines is 1. The van der Waals surface area contributed by atoms with Crippen LogP contribution >= 0.6 is 11.6 Å². The molecule has 2 heterocycles. The lowest BCUT2D eigenvalue weighted by atomic mass is 10.1. The summed E-state index contributed by atoms with van der Waals surface area (Å²) >= 11 is 6.02. The molecule has 3 nitrogen and oxygen atoms in total. The molecule has 0 unspecified atom stereocenters. The molecule has 18 heavy (non-hydrogen) atoms. The van der Waals surface area contributed by atoms with Gasteiger partial charge in [0.15, 0.2) is 0 Å². The van der Waals surface area contributed by atoms with Crippen LogP contribution < -0.4 is 5.73 Å². The molecule has 0 fully saturated rings. The normalized spacial score (nSPS) is 11.0. The zero-order valence-electron chi connectivity index (χ0n) is 9.81. The van der Waals surface area contributed by atoms with Crippen molar-refractivity contribution >= 4 is 28.3 Å². The molecule has 0 saturated carbocycles. The molecule has 0 aliphatic carbocycles. The summed E-state index contributed by atoms with van der Waals surface area (Å²) in [6.07, 6.45) is 2.95. The molecule has 0 aliphatic heterocycles. The van der Waals surface area contributed by atoms with Crippen LogP contribution in [-0.2, 0) is 7.05 Å². The Labute approximate surface area is 110 Å². The van der Waals surface area contributed by atoms with Crippen LogP contribution in [0.2, 0.25) is 5.02 Å². The minimum atomic E-state index is 0.478. The van der Waals surface area contributed by atoms with E-state index in [0.29, 0.717) is 5.82 Å². The van der Waals surface area contributed by atoms with Gasteiger partial charge in [0.25, 0.3) is 0 Å². The van der Waals surface area contributed by atoms with Crippen molar-refractivity contribution in [3.05, 3.63) is 47.6 Å². The number of hydrogen-bond acceptors (Lipinski definition) is 2. The molecule has 2 N–H and O–H groups in total. The van der Waals surface area contributed by atoms with E-state index < -0.39 is 0 Å². The molecule has 1 radical (unpaired) electrons. The second kappa shape index (κ2) is 4.03. The van der Waals surface area contributed by atoms with Crippen molar-refractivity contribution < 1.29 is 0 Å². The zero-order chi connectivity index (χ0) is 12.7. The van der Waals surface area contributed by atoms with E-state index in [-0.39, 0.29) is 0 Å². The molecule has 3 rings (SSSR count). The van der Waals surface area contributed by atoms with Gasteiger partial charge in [-0.2, -0.15) is 0 Å². The summed E-state index contributed by atoms with van der Waals surface area (Å²) in [5.74, 6) is 0.478. The van der Waals surface area contributed by atoms with Crippen LogP contribution in [0.1, 0.15) is 0 Å². The van der Waals surface area contributed by atoms with Gasteiger partial charge in [0, 0.05) is 23.2 Å². The smallest absolute Gasteiger partial charge is 0.124 e. The molecule has 0 bridgehead atoms. The summed E-state index contributed by atoms with van der Waals surface area (Å²) in [5, 5.41) is 1.75. The van der Waals surface area contributed by atoms with Crippen molar-refractivity contribution in [2.45, 2.75) is 0 Å². The van der Waals surface area contributed by atoms with Crippen molar-refractivity contribution in [3.63, 3.8) is 0 Å². The summed E-state index contributed by atoms with van der Waals surface area (Å²) in [5.41, 5.74) is 8.73. The third kappa shape index (κ3) is 1.73. The highest BCUT2D eigenvalue weighted by molar-refractivity contribution is 6.30. The van der Waals surface area contributed by atoms with Gasteiger partial charge in [-0.3, -0.25) is 0 Å². The third-order valence-electron chi connectivity index (χ3n) is 2.98. The van der Waals surface area contributed by atoms with Crippen LogP contribution in [0.15, 0.2) is 36.4 Å². The third-order valence-corrected chi connectivity index (χ3v) is 3.21. The number of benzene rings is 1. The van der Waals surface area contributed by atoms with Crippen molar-refractivity contribution in [1.82, 2.24) is 9.55 Å². The van der Waals surface area contributed by atoms with Crippen LogP contribution in [0, 0.1) is 6.20 Å². The maximum Gasteiger partial charge on any atom is 0.124 e. The zero-order valence-corrected chi connectivity index (χ0v) is 10.6. The summed E-state index contributed by atoms with van der Waals surface area (Å²) in [6, 6.07) is 11.7. The summed E-state index contributed by atoms with van der Waals surface area (Å²) < 4.78 is 2.04. The molecule has 2 aromatic heterocycles. The van der Waals surface area contributed by atoms with Crippen LogP contribution in [0.4, 0.5) is 5.82 Å². The number of nitrogens with zero attached hydrogens (tertiary/aromatic N) is 2. The Morgan fingerprint density at radius 1 is 1.28 bits per heavy atom. The van der Waals surface area contributed by atoms with E-state index in [9.17, 15) is 0 Å². The Bertz CT molecular complexity index is 731. The first-order valence-corrected chi connectivity index (χ1v) is 5.92. The van der Waals surface area contributed by atoms with Crippen LogP contribution in [0.25, 0.3) is 22.2 Å². The highest BCUT2D eigenvalue weighted by atomic mass is 35.5. The maximum absolute atomic E-state index is 6.02. The minimum Gasteiger partial charge on any atom is -0.384 e. The fourth-order valence-corrected chi connectivity index (χ4v) is 2.30. The topological polar surface area (TPSA) is 43.8 Å². The van der Waals surface area contributed by atoms with Gasteiger partial charge in [-0.05, 0) is 29.8 Å². The molecule has 0 amide bonds. The number of nitrogens with two attached hydrogens (primary N) is 1. The van der Waals surface area contributed by atoms with Gasteiger partial charge in [0.2, 0.25) is 0 Å². The highest BCUT2D eigenvalue weighted by Gasteiger charge is 2.09. The van der Waals surface area contributed by atoms with E-state index in [1.807, 2.05) is 41.9 Å². The number of fused-ring (bicyclic) bond motifs is 1. The molecular formula is C14H11ClN3. The number of hydrogen-bond donors (Lipinski definition) is 1. The molecule has 0 saturated heterocycles. The van der Waals surface area contributed by atoms with Crippen molar-refractivity contribution in [3.8, 4) is 11.3 Å². The Morgan fingerprint density at radius 3 is 2.89 bits per heavy atom. The quantitative estimate of drug-likeness (QED) is 0.726. The molecule has 1 aromatic carbocycles.